The van der Waals surface area contributed by atoms with Gasteiger partial charge in [-0.05, 0) is 26.0 Å². The summed E-state index contributed by atoms with van der Waals surface area (Å²) in [4.78, 5) is 4.64. The number of benzene rings is 1. The Balaban J connectivity index is 2.35. The van der Waals surface area contributed by atoms with Crippen LogP contribution < -0.4 is 4.40 Å². The average molecular weight is 249 g/mol. The summed E-state index contributed by atoms with van der Waals surface area (Å²) in [6.07, 6.45) is 0. The lowest BCUT2D eigenvalue weighted by atomic mass is 10.2. The van der Waals surface area contributed by atoms with Gasteiger partial charge in [-0.25, -0.2) is 0 Å². The lowest BCUT2D eigenvalue weighted by Gasteiger charge is -1.97. The summed E-state index contributed by atoms with van der Waals surface area (Å²) in [6, 6.07) is 14.5. The summed E-state index contributed by atoms with van der Waals surface area (Å²) in [7, 11) is 0. The van der Waals surface area contributed by atoms with Gasteiger partial charge in [0.05, 0.1) is 0 Å². The van der Waals surface area contributed by atoms with E-state index >= 15 is 0 Å². The van der Waals surface area contributed by atoms with Crippen molar-refractivity contribution in [2.45, 2.75) is 13.8 Å². The van der Waals surface area contributed by atoms with E-state index in [1.165, 1.54) is 5.39 Å². The number of para-hydroxylation sites is 1. The van der Waals surface area contributed by atoms with Crippen molar-refractivity contribution >= 4 is 22.3 Å². The fraction of sp³-hybridized carbons (Fsp3) is 0.133. The summed E-state index contributed by atoms with van der Waals surface area (Å²) >= 11 is 0. The molecule has 4 nitrogen and oxygen atoms in total. The number of aromatic nitrogens is 4. The van der Waals surface area contributed by atoms with Crippen LogP contribution in [0.4, 0.5) is 0 Å². The SMILES string of the molecule is Cc1cc(C)n2nc3ccc4ccccc4[n+]3c2n1. The standard InChI is InChI=1S/C15H13N4/c1-10-9-11(2)19-15(16-10)18-13-6-4-3-5-12(13)7-8-14(18)17-19/h3-9H,1-2H3/q+1. The number of hydrogen-bond acceptors (Lipinski definition) is 2. The zero-order chi connectivity index (χ0) is 13.0. The van der Waals surface area contributed by atoms with Gasteiger partial charge in [0.1, 0.15) is 16.9 Å². The summed E-state index contributed by atoms with van der Waals surface area (Å²) in [6.45, 7) is 4.06. The molecule has 3 heterocycles. The summed E-state index contributed by atoms with van der Waals surface area (Å²) in [5.41, 5.74) is 4.15. The summed E-state index contributed by atoms with van der Waals surface area (Å²) in [5.74, 6) is 0.865. The molecule has 0 atom stereocenters. The van der Waals surface area contributed by atoms with Gasteiger partial charge in [-0.1, -0.05) is 22.7 Å². The van der Waals surface area contributed by atoms with Crippen molar-refractivity contribution in [2.75, 3.05) is 0 Å². The Kier molecular flexibility index (Phi) is 1.93. The van der Waals surface area contributed by atoms with E-state index in [1.807, 2.05) is 35.7 Å². The Labute approximate surface area is 109 Å². The summed E-state index contributed by atoms with van der Waals surface area (Å²) in [5, 5.41) is 5.81. The molecule has 0 radical (unpaired) electrons. The van der Waals surface area contributed by atoms with Crippen molar-refractivity contribution in [1.29, 1.82) is 0 Å². The third kappa shape index (κ3) is 1.37. The maximum absolute atomic E-state index is 4.64. The zero-order valence-electron chi connectivity index (χ0n) is 10.8. The molecule has 4 rings (SSSR count). The predicted molar refractivity (Wildman–Crippen MR) is 73.1 cm³/mol. The number of pyridine rings is 1. The molecule has 4 aromatic rings. The molecular formula is C15H13N4+. The molecule has 0 amide bonds. The molecule has 3 aromatic heterocycles. The molecule has 0 aliphatic rings. The van der Waals surface area contributed by atoms with Gasteiger partial charge in [0.2, 0.25) is 0 Å². The van der Waals surface area contributed by atoms with Crippen LogP contribution in [0.3, 0.4) is 0 Å². The van der Waals surface area contributed by atoms with Crippen molar-refractivity contribution in [3.05, 3.63) is 53.9 Å². The molecule has 0 spiro atoms. The van der Waals surface area contributed by atoms with Crippen LogP contribution >= 0.6 is 0 Å². The van der Waals surface area contributed by atoms with E-state index in [4.69, 9.17) is 0 Å². The van der Waals surface area contributed by atoms with E-state index in [0.29, 0.717) is 0 Å². The van der Waals surface area contributed by atoms with Crippen molar-refractivity contribution < 1.29 is 4.40 Å². The van der Waals surface area contributed by atoms with Crippen molar-refractivity contribution in [1.82, 2.24) is 14.6 Å². The van der Waals surface area contributed by atoms with Gasteiger partial charge in [0.15, 0.2) is 0 Å². The number of hydrogen-bond donors (Lipinski definition) is 0. The monoisotopic (exact) mass is 249 g/mol. The lowest BCUT2D eigenvalue weighted by Crippen LogP contribution is -2.23. The van der Waals surface area contributed by atoms with Crippen LogP contribution in [0.25, 0.3) is 22.3 Å². The number of fused-ring (bicyclic) bond motifs is 5. The highest BCUT2D eigenvalue weighted by Crippen LogP contribution is 2.13. The molecule has 0 saturated heterocycles. The van der Waals surface area contributed by atoms with Gasteiger partial charge >= 0.3 is 5.78 Å². The molecule has 0 aliphatic carbocycles. The van der Waals surface area contributed by atoms with Crippen molar-refractivity contribution in [3.8, 4) is 0 Å². The Morgan fingerprint density at radius 3 is 2.79 bits per heavy atom. The normalized spacial score (nSPS) is 11.7. The molecule has 4 heteroatoms. The van der Waals surface area contributed by atoms with Crippen LogP contribution in [0.1, 0.15) is 11.4 Å². The fourth-order valence-corrected chi connectivity index (χ4v) is 2.61. The van der Waals surface area contributed by atoms with Crippen LogP contribution in [0.15, 0.2) is 42.5 Å². The number of nitrogens with zero attached hydrogens (tertiary/aromatic N) is 4. The maximum atomic E-state index is 4.64. The molecular weight excluding hydrogens is 236 g/mol. The van der Waals surface area contributed by atoms with Crippen LogP contribution in [0.2, 0.25) is 0 Å². The average Bonchev–Trinajstić information content (AvgIpc) is 2.78. The van der Waals surface area contributed by atoms with Gasteiger partial charge in [0.25, 0.3) is 5.65 Å². The van der Waals surface area contributed by atoms with Gasteiger partial charge in [-0.3, -0.25) is 0 Å². The second-order valence-corrected chi connectivity index (χ2v) is 4.84. The van der Waals surface area contributed by atoms with E-state index < -0.39 is 0 Å². The minimum absolute atomic E-state index is 0.865. The van der Waals surface area contributed by atoms with Gasteiger partial charge in [-0.2, -0.15) is 4.40 Å². The van der Waals surface area contributed by atoms with E-state index in [2.05, 4.69) is 39.6 Å². The maximum Gasteiger partial charge on any atom is 0.392 e. The van der Waals surface area contributed by atoms with E-state index in [-0.39, 0.29) is 0 Å². The van der Waals surface area contributed by atoms with Crippen LogP contribution in [-0.4, -0.2) is 14.6 Å². The van der Waals surface area contributed by atoms with Crippen LogP contribution in [0, 0.1) is 13.8 Å². The first-order valence-electron chi connectivity index (χ1n) is 6.30. The second-order valence-electron chi connectivity index (χ2n) is 4.84. The number of rotatable bonds is 0. The molecule has 0 N–H and O–H groups in total. The molecule has 0 saturated carbocycles. The van der Waals surface area contributed by atoms with Gasteiger partial charge in [0, 0.05) is 22.6 Å². The topological polar surface area (TPSA) is 34.3 Å². The highest BCUT2D eigenvalue weighted by Gasteiger charge is 2.18. The third-order valence-electron chi connectivity index (χ3n) is 3.44. The van der Waals surface area contributed by atoms with Crippen LogP contribution in [0.5, 0.6) is 0 Å². The highest BCUT2D eigenvalue weighted by molar-refractivity contribution is 5.77. The van der Waals surface area contributed by atoms with E-state index in [9.17, 15) is 0 Å². The predicted octanol–water partition coefficient (Wildman–Crippen LogP) is 2.24. The minimum atomic E-state index is 0.865. The van der Waals surface area contributed by atoms with Gasteiger partial charge in [-0.15, -0.1) is 4.98 Å². The molecule has 92 valence electrons. The molecule has 0 aliphatic heterocycles. The lowest BCUT2D eigenvalue weighted by molar-refractivity contribution is -0.454. The first-order chi connectivity index (χ1) is 9.24. The Morgan fingerprint density at radius 1 is 1.05 bits per heavy atom. The van der Waals surface area contributed by atoms with Crippen LogP contribution in [-0.2, 0) is 0 Å². The Morgan fingerprint density at radius 2 is 1.89 bits per heavy atom. The Bertz CT molecular complexity index is 937. The molecule has 0 unspecified atom stereocenters. The molecule has 0 bridgehead atoms. The minimum Gasteiger partial charge on any atom is -0.183 e. The Hall–Kier alpha value is -2.49. The largest absolute Gasteiger partial charge is 0.392 e. The second kappa shape index (κ2) is 3.51. The van der Waals surface area contributed by atoms with Gasteiger partial charge < -0.3 is 0 Å². The smallest absolute Gasteiger partial charge is 0.183 e. The number of aryl methyl sites for hydroxylation is 2. The zero-order valence-corrected chi connectivity index (χ0v) is 10.8. The van der Waals surface area contributed by atoms with Crippen molar-refractivity contribution in [3.63, 3.8) is 0 Å². The molecule has 19 heavy (non-hydrogen) atoms. The first kappa shape index (κ1) is 10.4. The quantitative estimate of drug-likeness (QED) is 0.448. The highest BCUT2D eigenvalue weighted by atomic mass is 15.4. The third-order valence-corrected chi connectivity index (χ3v) is 3.44. The van der Waals surface area contributed by atoms with E-state index in [0.717, 1.165) is 28.3 Å². The first-order valence-corrected chi connectivity index (χ1v) is 6.30. The fourth-order valence-electron chi connectivity index (χ4n) is 2.61. The molecule has 1 aromatic carbocycles. The van der Waals surface area contributed by atoms with E-state index in [1.54, 1.807) is 0 Å². The summed E-state index contributed by atoms with van der Waals surface area (Å²) < 4.78 is 4.00. The molecule has 0 fully saturated rings. The van der Waals surface area contributed by atoms with Crippen molar-refractivity contribution in [2.24, 2.45) is 0 Å².